The van der Waals surface area contributed by atoms with Crippen LogP contribution >= 0.6 is 0 Å². The van der Waals surface area contributed by atoms with Crippen LogP contribution in [-0.2, 0) is 25.4 Å². The number of hydrogen-bond acceptors (Lipinski definition) is 4. The first-order valence-electron chi connectivity index (χ1n) is 5.67. The van der Waals surface area contributed by atoms with Crippen molar-refractivity contribution in [3.05, 3.63) is 27.2 Å². The Bertz CT molecular complexity index is 680. The molecular formula is C11H16N4O3. The maximum Gasteiger partial charge on any atom is 0.332 e. The Hall–Kier alpha value is -1.89. The number of nitrogens with zero attached hydrogens (tertiary/aromatic N) is 4. The van der Waals surface area contributed by atoms with Gasteiger partial charge in [-0.15, -0.1) is 0 Å². The second-order valence-corrected chi connectivity index (χ2v) is 4.17. The molecule has 2 rings (SSSR count). The van der Waals surface area contributed by atoms with Crippen LogP contribution in [0.3, 0.4) is 0 Å². The molecular weight excluding hydrogens is 236 g/mol. The summed E-state index contributed by atoms with van der Waals surface area (Å²) in [5, 5.41) is 0. The average Bonchev–Trinajstić information content (AvgIpc) is 2.73. The number of fused-ring (bicyclic) bond motifs is 1. The molecule has 18 heavy (non-hydrogen) atoms. The van der Waals surface area contributed by atoms with E-state index in [9.17, 15) is 9.59 Å². The van der Waals surface area contributed by atoms with Crippen molar-refractivity contribution in [3.63, 3.8) is 0 Å². The second kappa shape index (κ2) is 4.77. The Kier molecular flexibility index (Phi) is 3.33. The van der Waals surface area contributed by atoms with Gasteiger partial charge in [0.05, 0.1) is 6.33 Å². The van der Waals surface area contributed by atoms with Gasteiger partial charge >= 0.3 is 5.69 Å². The quantitative estimate of drug-likeness (QED) is 0.686. The SMILES string of the molecule is COCCCn1c(=O)c2c(ncn2C)n(C)c1=O. The van der Waals surface area contributed by atoms with Crippen LogP contribution in [0.1, 0.15) is 6.42 Å². The largest absolute Gasteiger partial charge is 0.385 e. The van der Waals surface area contributed by atoms with Gasteiger partial charge < -0.3 is 9.30 Å². The minimum atomic E-state index is -0.345. The Labute approximate surface area is 103 Å². The van der Waals surface area contributed by atoms with Gasteiger partial charge in [0.25, 0.3) is 5.56 Å². The van der Waals surface area contributed by atoms with Crippen LogP contribution in [0, 0.1) is 0 Å². The van der Waals surface area contributed by atoms with E-state index in [1.54, 1.807) is 25.8 Å². The fourth-order valence-corrected chi connectivity index (χ4v) is 1.96. The topological polar surface area (TPSA) is 71.1 Å². The summed E-state index contributed by atoms with van der Waals surface area (Å²) in [6, 6.07) is 0. The highest BCUT2D eigenvalue weighted by Crippen LogP contribution is 2.02. The molecule has 0 unspecified atom stereocenters. The van der Waals surface area contributed by atoms with Gasteiger partial charge in [-0.3, -0.25) is 13.9 Å². The zero-order valence-electron chi connectivity index (χ0n) is 10.7. The predicted molar refractivity (Wildman–Crippen MR) is 66.7 cm³/mol. The molecule has 0 N–H and O–H groups in total. The van der Waals surface area contributed by atoms with Crippen LogP contribution in [0.15, 0.2) is 15.9 Å². The number of methoxy groups -OCH3 is 1. The number of ether oxygens (including phenoxy) is 1. The van der Waals surface area contributed by atoms with Crippen molar-refractivity contribution >= 4 is 11.2 Å². The molecule has 0 saturated carbocycles. The van der Waals surface area contributed by atoms with Crippen molar-refractivity contribution in [2.75, 3.05) is 13.7 Å². The van der Waals surface area contributed by atoms with Gasteiger partial charge in [-0.1, -0.05) is 0 Å². The minimum Gasteiger partial charge on any atom is -0.385 e. The van der Waals surface area contributed by atoms with Crippen molar-refractivity contribution in [1.82, 2.24) is 18.7 Å². The third kappa shape index (κ3) is 1.86. The van der Waals surface area contributed by atoms with Crippen molar-refractivity contribution < 1.29 is 4.74 Å². The van der Waals surface area contributed by atoms with Crippen molar-refractivity contribution in [3.8, 4) is 0 Å². The predicted octanol–water partition coefficient (Wildman–Crippen LogP) is -0.530. The normalized spacial score (nSPS) is 11.3. The summed E-state index contributed by atoms with van der Waals surface area (Å²) in [4.78, 5) is 28.3. The zero-order valence-corrected chi connectivity index (χ0v) is 10.7. The molecule has 2 aromatic rings. The van der Waals surface area contributed by atoms with E-state index < -0.39 is 0 Å². The molecule has 0 radical (unpaired) electrons. The fraction of sp³-hybridized carbons (Fsp3) is 0.545. The van der Waals surface area contributed by atoms with Crippen molar-refractivity contribution in [1.29, 1.82) is 0 Å². The zero-order chi connectivity index (χ0) is 13.3. The smallest absolute Gasteiger partial charge is 0.332 e. The lowest BCUT2D eigenvalue weighted by Crippen LogP contribution is -2.39. The first-order valence-corrected chi connectivity index (χ1v) is 5.67. The van der Waals surface area contributed by atoms with Gasteiger partial charge in [-0.05, 0) is 6.42 Å². The highest BCUT2D eigenvalue weighted by molar-refractivity contribution is 5.69. The van der Waals surface area contributed by atoms with E-state index in [4.69, 9.17) is 4.74 Å². The Morgan fingerprint density at radius 2 is 2.06 bits per heavy atom. The standard InChI is InChI=1S/C11H16N4O3/c1-13-7-12-9-8(13)10(16)15(5-4-6-18-3)11(17)14(9)2/h7H,4-6H2,1-3H3. The molecule has 0 aromatic carbocycles. The molecule has 0 aliphatic rings. The van der Waals surface area contributed by atoms with E-state index in [1.807, 2.05) is 0 Å². The molecule has 98 valence electrons. The first-order chi connectivity index (χ1) is 8.57. The Morgan fingerprint density at radius 1 is 1.33 bits per heavy atom. The Balaban J connectivity index is 2.62. The number of imidazole rings is 1. The summed E-state index contributed by atoms with van der Waals surface area (Å²) in [5.41, 5.74) is 0.205. The lowest BCUT2D eigenvalue weighted by molar-refractivity contribution is 0.189. The lowest BCUT2D eigenvalue weighted by Gasteiger charge is -2.08. The molecule has 7 heteroatoms. The number of aryl methyl sites for hydroxylation is 2. The average molecular weight is 252 g/mol. The summed E-state index contributed by atoms with van der Waals surface area (Å²) >= 11 is 0. The summed E-state index contributed by atoms with van der Waals surface area (Å²) in [5.74, 6) is 0. The summed E-state index contributed by atoms with van der Waals surface area (Å²) < 4.78 is 9.17. The first kappa shape index (κ1) is 12.6. The third-order valence-corrected chi connectivity index (χ3v) is 2.93. The van der Waals surface area contributed by atoms with Gasteiger partial charge in [0, 0.05) is 34.4 Å². The molecule has 0 amide bonds. The second-order valence-electron chi connectivity index (χ2n) is 4.17. The molecule has 0 spiro atoms. The van der Waals surface area contributed by atoms with Crippen LogP contribution in [0.5, 0.6) is 0 Å². The number of hydrogen-bond donors (Lipinski definition) is 0. The van der Waals surface area contributed by atoms with Crippen LogP contribution in [-0.4, -0.2) is 32.4 Å². The molecule has 0 saturated heterocycles. The minimum absolute atomic E-state index is 0.302. The maximum absolute atomic E-state index is 12.2. The Morgan fingerprint density at radius 3 is 2.72 bits per heavy atom. The van der Waals surface area contributed by atoms with E-state index in [2.05, 4.69) is 4.98 Å². The van der Waals surface area contributed by atoms with Crippen LogP contribution < -0.4 is 11.2 Å². The molecule has 0 atom stereocenters. The molecule has 2 heterocycles. The summed E-state index contributed by atoms with van der Waals surface area (Å²) in [6.07, 6.45) is 2.15. The van der Waals surface area contributed by atoms with Gasteiger partial charge in [0.2, 0.25) is 0 Å². The lowest BCUT2D eigenvalue weighted by atomic mass is 10.4. The van der Waals surface area contributed by atoms with Gasteiger partial charge in [0.15, 0.2) is 11.2 Å². The molecule has 2 aromatic heterocycles. The molecule has 0 bridgehead atoms. The van der Waals surface area contributed by atoms with E-state index in [0.717, 1.165) is 0 Å². The van der Waals surface area contributed by atoms with Gasteiger partial charge in [-0.25, -0.2) is 9.78 Å². The van der Waals surface area contributed by atoms with E-state index >= 15 is 0 Å². The molecule has 0 aliphatic carbocycles. The molecule has 7 nitrogen and oxygen atoms in total. The van der Waals surface area contributed by atoms with E-state index in [-0.39, 0.29) is 11.2 Å². The summed E-state index contributed by atoms with van der Waals surface area (Å²) in [6.45, 7) is 0.861. The molecule has 0 aliphatic heterocycles. The van der Waals surface area contributed by atoms with Crippen molar-refractivity contribution in [2.45, 2.75) is 13.0 Å². The van der Waals surface area contributed by atoms with E-state index in [0.29, 0.717) is 30.7 Å². The monoisotopic (exact) mass is 252 g/mol. The van der Waals surface area contributed by atoms with Crippen LogP contribution in [0.25, 0.3) is 11.2 Å². The van der Waals surface area contributed by atoms with Crippen molar-refractivity contribution in [2.24, 2.45) is 14.1 Å². The van der Waals surface area contributed by atoms with E-state index in [1.165, 1.54) is 15.5 Å². The van der Waals surface area contributed by atoms with Gasteiger partial charge in [-0.2, -0.15) is 0 Å². The maximum atomic E-state index is 12.2. The molecule has 0 fully saturated rings. The van der Waals surface area contributed by atoms with Gasteiger partial charge in [0.1, 0.15) is 0 Å². The number of aromatic nitrogens is 4. The summed E-state index contributed by atoms with van der Waals surface area (Å²) in [7, 11) is 4.94. The third-order valence-electron chi connectivity index (χ3n) is 2.93. The van der Waals surface area contributed by atoms with Crippen LogP contribution in [0.2, 0.25) is 0 Å². The highest BCUT2D eigenvalue weighted by Gasteiger charge is 2.14. The van der Waals surface area contributed by atoms with Crippen LogP contribution in [0.4, 0.5) is 0 Å². The fourth-order valence-electron chi connectivity index (χ4n) is 1.96. The highest BCUT2D eigenvalue weighted by atomic mass is 16.5. The number of rotatable bonds is 4.